The smallest absolute Gasteiger partial charge is 0.416 e. The van der Waals surface area contributed by atoms with Gasteiger partial charge in [0.1, 0.15) is 11.4 Å². The Kier molecular flexibility index (Phi) is 6.92. The molecule has 204 valence electrons. The molecule has 1 spiro atoms. The molecule has 2 atom stereocenters. The summed E-state index contributed by atoms with van der Waals surface area (Å²) in [5, 5.41) is 9.64. The summed E-state index contributed by atoms with van der Waals surface area (Å²) < 4.78 is 47.4. The van der Waals surface area contributed by atoms with Crippen LogP contribution in [0.1, 0.15) is 77.6 Å². The van der Waals surface area contributed by atoms with Crippen molar-refractivity contribution in [3.63, 3.8) is 0 Å². The fourth-order valence-corrected chi connectivity index (χ4v) is 6.17. The second-order valence-corrected chi connectivity index (χ2v) is 11.2. The third-order valence-corrected chi connectivity index (χ3v) is 8.57. The molecule has 2 fully saturated rings. The Hall–Kier alpha value is -3.07. The number of halogens is 3. The van der Waals surface area contributed by atoms with Crippen molar-refractivity contribution in [3.8, 4) is 5.75 Å². The molecule has 0 bridgehead atoms. The first-order valence-electron chi connectivity index (χ1n) is 13.2. The predicted molar refractivity (Wildman–Crippen MR) is 135 cm³/mol. The average molecular weight is 531 g/mol. The van der Waals surface area contributed by atoms with E-state index in [1.54, 1.807) is 6.92 Å². The Morgan fingerprint density at radius 1 is 1.13 bits per heavy atom. The number of hydrogen-bond acceptors (Lipinski definition) is 4. The van der Waals surface area contributed by atoms with Crippen LogP contribution in [0.5, 0.6) is 5.75 Å². The number of alkyl halides is 3. The van der Waals surface area contributed by atoms with Crippen molar-refractivity contribution in [2.45, 2.75) is 69.7 Å². The van der Waals surface area contributed by atoms with E-state index in [2.05, 4.69) is 6.07 Å². The summed E-state index contributed by atoms with van der Waals surface area (Å²) in [6.07, 6.45) is 0.576. The van der Waals surface area contributed by atoms with E-state index in [1.807, 2.05) is 17.0 Å². The molecule has 2 aromatic carbocycles. The zero-order valence-electron chi connectivity index (χ0n) is 21.4. The van der Waals surface area contributed by atoms with Crippen molar-refractivity contribution in [1.29, 1.82) is 0 Å². The molecule has 1 saturated carbocycles. The Morgan fingerprint density at radius 2 is 1.84 bits per heavy atom. The van der Waals surface area contributed by atoms with E-state index < -0.39 is 35.1 Å². The van der Waals surface area contributed by atoms with Gasteiger partial charge in [-0.2, -0.15) is 13.2 Å². The monoisotopic (exact) mass is 530 g/mol. The summed E-state index contributed by atoms with van der Waals surface area (Å²) in [5.74, 6) is -0.878. The number of fused-ring (bicyclic) bond motifs is 1. The molecule has 9 heteroatoms. The molecular formula is C29H33F3N2O4. The first-order valence-corrected chi connectivity index (χ1v) is 13.2. The van der Waals surface area contributed by atoms with E-state index in [0.717, 1.165) is 54.7 Å². The summed E-state index contributed by atoms with van der Waals surface area (Å²) >= 11 is 0. The van der Waals surface area contributed by atoms with Crippen LogP contribution in [0.15, 0.2) is 36.4 Å². The highest BCUT2D eigenvalue weighted by molar-refractivity contribution is 5.93. The molecule has 3 N–H and O–H groups in total. The number of carbonyl (C=O) groups is 2. The van der Waals surface area contributed by atoms with E-state index in [0.29, 0.717) is 31.8 Å². The number of piperidine rings is 1. The van der Waals surface area contributed by atoms with Gasteiger partial charge in [0.05, 0.1) is 11.5 Å². The van der Waals surface area contributed by atoms with Gasteiger partial charge in [-0.15, -0.1) is 0 Å². The topological polar surface area (TPSA) is 92.9 Å². The molecule has 6 nitrogen and oxygen atoms in total. The van der Waals surface area contributed by atoms with Crippen LogP contribution in [0.25, 0.3) is 0 Å². The number of carboxylic acids is 1. The quantitative estimate of drug-likeness (QED) is 0.502. The molecule has 1 amide bonds. The summed E-state index contributed by atoms with van der Waals surface area (Å²) in [6, 6.07) is 9.42. The number of likely N-dealkylation sites (tertiary alicyclic amines) is 1. The molecule has 0 aromatic heterocycles. The van der Waals surface area contributed by atoms with Crippen molar-refractivity contribution >= 4 is 11.9 Å². The number of rotatable bonds is 7. The lowest BCUT2D eigenvalue weighted by Crippen LogP contribution is -2.49. The normalized spacial score (nSPS) is 20.8. The van der Waals surface area contributed by atoms with Crippen molar-refractivity contribution in [2.24, 2.45) is 17.6 Å². The summed E-state index contributed by atoms with van der Waals surface area (Å²) in [7, 11) is 0. The predicted octanol–water partition coefficient (Wildman–Crippen LogP) is 5.38. The minimum Gasteiger partial charge on any atom is -0.487 e. The lowest BCUT2D eigenvalue weighted by Gasteiger charge is -2.45. The van der Waals surface area contributed by atoms with Crippen LogP contribution < -0.4 is 10.5 Å². The Bertz CT molecular complexity index is 1230. The summed E-state index contributed by atoms with van der Waals surface area (Å²) in [6.45, 7) is 2.97. The van der Waals surface area contributed by atoms with Gasteiger partial charge in [0.25, 0.3) is 0 Å². The fourth-order valence-electron chi connectivity index (χ4n) is 6.17. The number of hydrogen-bond donors (Lipinski definition) is 2. The molecule has 3 aliphatic rings. The maximum Gasteiger partial charge on any atom is 0.416 e. The van der Waals surface area contributed by atoms with Crippen LogP contribution in [-0.4, -0.2) is 40.6 Å². The number of ether oxygens (including phenoxy) is 1. The largest absolute Gasteiger partial charge is 0.487 e. The maximum atomic E-state index is 13.6. The van der Waals surface area contributed by atoms with E-state index in [1.165, 1.54) is 6.07 Å². The van der Waals surface area contributed by atoms with Gasteiger partial charge in [-0.1, -0.05) is 19.1 Å². The first-order chi connectivity index (χ1) is 18.0. The molecule has 1 saturated heterocycles. The van der Waals surface area contributed by atoms with Crippen molar-refractivity contribution in [3.05, 3.63) is 64.2 Å². The Labute approximate surface area is 220 Å². The highest BCUT2D eigenvalue weighted by Crippen LogP contribution is 2.49. The number of carboxylic acid groups (broad SMARTS) is 1. The van der Waals surface area contributed by atoms with Crippen LogP contribution in [0.3, 0.4) is 0 Å². The highest BCUT2D eigenvalue weighted by atomic mass is 19.4. The third kappa shape index (κ3) is 5.39. The molecular weight excluding hydrogens is 497 g/mol. The number of nitrogens with zero attached hydrogens (tertiary/aromatic N) is 1. The van der Waals surface area contributed by atoms with E-state index >= 15 is 0 Å². The second kappa shape index (κ2) is 9.91. The molecule has 38 heavy (non-hydrogen) atoms. The van der Waals surface area contributed by atoms with E-state index in [9.17, 15) is 27.9 Å². The number of amides is 1. The standard InChI is InChI=1S/C29H33F3N2O4/c1-17(27(36)37)25(19-3-4-19)20-5-2-18-8-9-28(38-24(18)15-20)10-12-34(13-11-28)16-22-14-21(26(33)35)6-7-23(22)29(30,31)32/h2,5-7,14-15,17,19,25H,3-4,8-13,16H2,1H3,(H2,33,35)(H,36,37). The highest BCUT2D eigenvalue weighted by Gasteiger charge is 2.42. The van der Waals surface area contributed by atoms with Gasteiger partial charge in [-0.25, -0.2) is 0 Å². The number of nitrogens with two attached hydrogens (primary N) is 1. The number of benzene rings is 2. The molecule has 2 unspecified atom stereocenters. The van der Waals surface area contributed by atoms with Gasteiger partial charge in [0.15, 0.2) is 0 Å². The lowest BCUT2D eigenvalue weighted by atomic mass is 9.80. The van der Waals surface area contributed by atoms with Crippen molar-refractivity contribution in [1.82, 2.24) is 4.90 Å². The Morgan fingerprint density at radius 3 is 2.45 bits per heavy atom. The minimum absolute atomic E-state index is 0.0416. The number of carbonyl (C=O) groups excluding carboxylic acids is 1. The molecule has 2 aliphatic heterocycles. The van der Waals surface area contributed by atoms with E-state index in [4.69, 9.17) is 10.5 Å². The average Bonchev–Trinajstić information content (AvgIpc) is 3.70. The molecule has 2 aromatic rings. The van der Waals surface area contributed by atoms with Gasteiger partial charge in [-0.05, 0) is 91.3 Å². The van der Waals surface area contributed by atoms with Crippen LogP contribution in [-0.2, 0) is 23.9 Å². The van der Waals surface area contributed by atoms with Crippen LogP contribution in [0, 0.1) is 11.8 Å². The van der Waals surface area contributed by atoms with Gasteiger partial charge < -0.3 is 15.6 Å². The SMILES string of the molecule is CC(C(=O)O)C(c1ccc2c(c1)OC1(CC2)CCN(Cc2cc(C(N)=O)ccc2C(F)(F)F)CC1)C1CC1. The fraction of sp³-hybridized carbons (Fsp3) is 0.517. The first kappa shape index (κ1) is 26.5. The molecule has 1 aliphatic carbocycles. The molecule has 2 heterocycles. The summed E-state index contributed by atoms with van der Waals surface area (Å²) in [4.78, 5) is 25.3. The van der Waals surface area contributed by atoms with Crippen LogP contribution in [0.4, 0.5) is 13.2 Å². The maximum absolute atomic E-state index is 13.6. The van der Waals surface area contributed by atoms with Gasteiger partial charge in [0.2, 0.25) is 5.91 Å². The van der Waals surface area contributed by atoms with Crippen molar-refractivity contribution in [2.75, 3.05) is 13.1 Å². The van der Waals surface area contributed by atoms with Crippen LogP contribution in [0.2, 0.25) is 0 Å². The van der Waals surface area contributed by atoms with Gasteiger partial charge in [0, 0.05) is 25.2 Å². The van der Waals surface area contributed by atoms with E-state index in [-0.39, 0.29) is 23.6 Å². The molecule has 0 radical (unpaired) electrons. The lowest BCUT2D eigenvalue weighted by molar-refractivity contribution is -0.142. The number of primary amides is 1. The Balaban J connectivity index is 1.30. The minimum atomic E-state index is -4.52. The second-order valence-electron chi connectivity index (χ2n) is 11.2. The third-order valence-electron chi connectivity index (χ3n) is 8.57. The van der Waals surface area contributed by atoms with Gasteiger partial charge in [-0.3, -0.25) is 14.5 Å². The zero-order chi connectivity index (χ0) is 27.2. The number of aryl methyl sites for hydroxylation is 1. The van der Waals surface area contributed by atoms with Crippen LogP contribution >= 0.6 is 0 Å². The molecule has 5 rings (SSSR count). The zero-order valence-corrected chi connectivity index (χ0v) is 21.4. The van der Waals surface area contributed by atoms with Gasteiger partial charge >= 0.3 is 12.1 Å². The number of aliphatic carboxylic acids is 1. The van der Waals surface area contributed by atoms with Crippen molar-refractivity contribution < 1.29 is 32.6 Å². The summed E-state index contributed by atoms with van der Waals surface area (Å²) in [5.41, 5.74) is 6.38.